The Balaban J connectivity index is 1.33. The maximum Gasteiger partial charge on any atom is -0.00468 e. The number of nitrogens with zero attached hydrogens (tertiary/aromatic N) is 1. The molecule has 4 aromatic rings. The van der Waals surface area contributed by atoms with Crippen LogP contribution in [0.4, 0.5) is 0 Å². The predicted molar refractivity (Wildman–Crippen MR) is 148 cm³/mol. The van der Waals surface area contributed by atoms with Gasteiger partial charge in [0.15, 0.2) is 0 Å². The van der Waals surface area contributed by atoms with Crippen LogP contribution in [0.25, 0.3) is 0 Å². The van der Waals surface area contributed by atoms with Gasteiger partial charge in [-0.2, -0.15) is 0 Å². The quantitative estimate of drug-likeness (QED) is 0.197. The topological polar surface area (TPSA) is 115 Å². The molecule has 0 spiro atoms. The van der Waals surface area contributed by atoms with Crippen LogP contribution >= 0.6 is 0 Å². The van der Waals surface area contributed by atoms with Gasteiger partial charge in [0.1, 0.15) is 0 Å². The molecular formula is C30H27AsN2O6. The molecule has 0 radical (unpaired) electrons. The zero-order valence-electron chi connectivity index (χ0n) is 21.2. The molecule has 0 aliphatic heterocycles. The minimum atomic E-state index is -0.917. The third kappa shape index (κ3) is 7.79. The third-order valence-corrected chi connectivity index (χ3v) is 8.12. The maximum atomic E-state index is 12.9. The van der Waals surface area contributed by atoms with Crippen LogP contribution in [0.15, 0.2) is 91.1 Å². The molecule has 1 amide bonds. The summed E-state index contributed by atoms with van der Waals surface area (Å²) in [6.07, 6.45) is 1.52. The van der Waals surface area contributed by atoms with E-state index in [1.807, 2.05) is 24.3 Å². The summed E-state index contributed by atoms with van der Waals surface area (Å²) in [5.41, 5.74) is 3.09. The van der Waals surface area contributed by atoms with Crippen LogP contribution in [0.5, 0.6) is 17.4 Å². The summed E-state index contributed by atoms with van der Waals surface area (Å²) >= 11 is -0.917. The monoisotopic (exact) mass is 586 g/mol. The molecule has 1 aromatic heterocycles. The third-order valence-electron chi connectivity index (χ3n) is 5.61. The molecule has 0 saturated carbocycles. The molecule has 1 heterocycles. The molecule has 2 N–H and O–H groups in total. The van der Waals surface area contributed by atoms with E-state index in [2.05, 4.69) is 10.3 Å². The standard InChI is InChI=1S/C30H27AsN2O6/c1-2-38-30(37)23-7-4-9-25(17-23)39-29-26(10-5-15-32-29)28(36)33-19-21-13-11-20(12-14-21)18-31-27(35)22-6-3-8-24(34)16-22/h3-17,31,34H,2,18-19H2,1H3,(H,33,36). The number of carbonyl (C=O) groups is 3. The molecule has 1 unspecified atom stereocenters. The summed E-state index contributed by atoms with van der Waals surface area (Å²) in [6.45, 7) is 2.29. The summed E-state index contributed by atoms with van der Waals surface area (Å²) in [5, 5.41) is 13.1. The number of phenols is 1. The van der Waals surface area contributed by atoms with Crippen LogP contribution in [0.3, 0.4) is 0 Å². The van der Waals surface area contributed by atoms with Crippen molar-refractivity contribution in [1.29, 1.82) is 0 Å². The Morgan fingerprint density at radius 1 is 0.897 bits per heavy atom. The number of pyridine rings is 1. The average molecular weight is 586 g/mol. The summed E-state index contributed by atoms with van der Waals surface area (Å²) in [4.78, 5) is 41.6. The zero-order valence-corrected chi connectivity index (χ0v) is 23.3. The Morgan fingerprint density at radius 3 is 2.41 bits per heavy atom. The fraction of sp³-hybridized carbons (Fsp3) is 0.133. The summed E-state index contributed by atoms with van der Waals surface area (Å²) < 4.78 is 10.9. The number of aromatic hydroxyl groups is 1. The van der Waals surface area contributed by atoms with Gasteiger partial charge in [-0.1, -0.05) is 6.07 Å². The molecule has 9 heteroatoms. The first kappa shape index (κ1) is 27.6. The summed E-state index contributed by atoms with van der Waals surface area (Å²) in [5.74, 6) is -0.251. The molecule has 0 aliphatic carbocycles. The molecule has 1 atom stereocenters. The second-order valence-electron chi connectivity index (χ2n) is 8.44. The van der Waals surface area contributed by atoms with E-state index in [9.17, 15) is 19.5 Å². The van der Waals surface area contributed by atoms with Gasteiger partial charge < -0.3 is 4.74 Å². The number of amides is 1. The Kier molecular flexibility index (Phi) is 9.48. The van der Waals surface area contributed by atoms with Gasteiger partial charge in [0.2, 0.25) is 0 Å². The van der Waals surface area contributed by atoms with E-state index in [0.29, 0.717) is 28.6 Å². The van der Waals surface area contributed by atoms with E-state index < -0.39 is 21.7 Å². The van der Waals surface area contributed by atoms with Crippen LogP contribution in [-0.2, 0) is 16.5 Å². The number of esters is 1. The van der Waals surface area contributed by atoms with Crippen LogP contribution in [0, 0.1) is 0 Å². The first-order valence-electron chi connectivity index (χ1n) is 12.3. The van der Waals surface area contributed by atoms with E-state index in [1.54, 1.807) is 55.5 Å². The van der Waals surface area contributed by atoms with Crippen LogP contribution < -0.4 is 10.1 Å². The average Bonchev–Trinajstić information content (AvgIpc) is 2.96. The molecule has 39 heavy (non-hydrogen) atoms. The SMILES string of the molecule is CCOC(=O)c1cccc(Oc2ncccc2C(=O)NCc2ccc(C[AsH]C(=O)c3cccc(O)c3)cc2)c1. The fourth-order valence-electron chi connectivity index (χ4n) is 3.64. The molecule has 0 fully saturated rings. The van der Waals surface area contributed by atoms with Gasteiger partial charge in [-0.3, -0.25) is 0 Å². The number of hydrogen-bond donors (Lipinski definition) is 2. The summed E-state index contributed by atoms with van der Waals surface area (Å²) in [7, 11) is 0. The largest absolute Gasteiger partial charge is 0.00468 e. The number of ether oxygens (including phenoxy) is 2. The molecule has 198 valence electrons. The van der Waals surface area contributed by atoms with Crippen molar-refractivity contribution in [2.75, 3.05) is 6.61 Å². The van der Waals surface area contributed by atoms with Crippen LogP contribution in [0.2, 0.25) is 0 Å². The van der Waals surface area contributed by atoms with Crippen LogP contribution in [0.1, 0.15) is 49.1 Å². The van der Waals surface area contributed by atoms with Gasteiger partial charge in [0.25, 0.3) is 0 Å². The van der Waals surface area contributed by atoms with Crippen molar-refractivity contribution in [1.82, 2.24) is 10.3 Å². The van der Waals surface area contributed by atoms with Gasteiger partial charge in [0, 0.05) is 0 Å². The predicted octanol–water partition coefficient (Wildman–Crippen LogP) is 4.46. The molecule has 0 aliphatic rings. The van der Waals surface area contributed by atoms with Crippen molar-refractivity contribution < 1.29 is 29.0 Å². The Hall–Kier alpha value is -4.42. The maximum absolute atomic E-state index is 12.9. The number of aromatic nitrogens is 1. The number of carbonyl (C=O) groups excluding carboxylic acids is 3. The first-order chi connectivity index (χ1) is 18.9. The summed E-state index contributed by atoms with van der Waals surface area (Å²) in [6, 6.07) is 23.9. The molecular weight excluding hydrogens is 559 g/mol. The number of phenolic OH excluding ortho intramolecular Hbond substituents is 1. The van der Waals surface area contributed by atoms with Crippen molar-refractivity contribution in [3.8, 4) is 17.4 Å². The van der Waals surface area contributed by atoms with E-state index in [4.69, 9.17) is 9.47 Å². The molecule has 4 rings (SSSR count). The van der Waals surface area contributed by atoms with Gasteiger partial charge in [-0.25, -0.2) is 4.79 Å². The number of rotatable bonds is 11. The molecule has 8 nitrogen and oxygen atoms in total. The molecule has 3 aromatic carbocycles. The molecule has 0 saturated heterocycles. The second kappa shape index (κ2) is 13.4. The fourth-order valence-corrected chi connectivity index (χ4v) is 5.66. The zero-order chi connectivity index (χ0) is 27.6. The van der Waals surface area contributed by atoms with Crippen molar-refractivity contribution in [2.24, 2.45) is 0 Å². The van der Waals surface area contributed by atoms with Crippen molar-refractivity contribution in [3.63, 3.8) is 0 Å². The number of benzene rings is 3. The van der Waals surface area contributed by atoms with Gasteiger partial charge >= 0.3 is 180 Å². The normalized spacial score (nSPS) is 10.8. The number of nitrogens with one attached hydrogen (secondary N) is 1. The van der Waals surface area contributed by atoms with E-state index >= 15 is 0 Å². The van der Waals surface area contributed by atoms with Crippen LogP contribution in [-0.4, -0.2) is 48.9 Å². The van der Waals surface area contributed by atoms with Gasteiger partial charge in [-0.15, -0.1) is 0 Å². The minimum absolute atomic E-state index is 0.0874. The smallest absolute Gasteiger partial charge is 0.00468 e. The van der Waals surface area contributed by atoms with Gasteiger partial charge in [0.05, 0.1) is 12.2 Å². The molecule has 0 bridgehead atoms. The Morgan fingerprint density at radius 2 is 1.64 bits per heavy atom. The Labute approximate surface area is 232 Å². The van der Waals surface area contributed by atoms with E-state index in [1.165, 1.54) is 18.3 Å². The van der Waals surface area contributed by atoms with E-state index in [0.717, 1.165) is 11.1 Å². The van der Waals surface area contributed by atoms with Crippen molar-refractivity contribution in [2.45, 2.75) is 18.7 Å². The first-order valence-corrected chi connectivity index (χ1v) is 14.8. The Bertz CT molecular complexity index is 1470. The number of hydrogen-bond acceptors (Lipinski definition) is 7. The van der Waals surface area contributed by atoms with E-state index in [-0.39, 0.29) is 34.3 Å². The second-order valence-corrected chi connectivity index (χ2v) is 10.9. The minimum Gasteiger partial charge on any atom is -0.00468 e. The van der Waals surface area contributed by atoms with Gasteiger partial charge in [-0.05, 0) is 25.1 Å². The van der Waals surface area contributed by atoms with Crippen molar-refractivity contribution in [3.05, 3.63) is 119 Å². The van der Waals surface area contributed by atoms with Crippen molar-refractivity contribution >= 4 is 32.2 Å².